The van der Waals surface area contributed by atoms with Crippen molar-refractivity contribution in [3.05, 3.63) is 40.3 Å². The van der Waals surface area contributed by atoms with Gasteiger partial charge in [0.1, 0.15) is 11.6 Å². The number of nitrogens with two attached hydrogens (primary N) is 2. The molecule has 9 heteroatoms. The number of carbonyl (C=O) groups is 2. The van der Waals surface area contributed by atoms with E-state index in [1.807, 2.05) is 0 Å². The second kappa shape index (κ2) is 7.12. The first-order valence-electron chi connectivity index (χ1n) is 9.68. The van der Waals surface area contributed by atoms with E-state index in [0.717, 1.165) is 12.0 Å². The Balaban J connectivity index is 1.85. The van der Waals surface area contributed by atoms with Crippen molar-refractivity contribution >= 4 is 34.9 Å². The highest BCUT2D eigenvalue weighted by molar-refractivity contribution is 6.34. The molecule has 0 bridgehead atoms. The quantitative estimate of drug-likeness (QED) is 0.646. The number of rotatable bonds is 3. The summed E-state index contributed by atoms with van der Waals surface area (Å²) in [6.45, 7) is 0.594. The van der Waals surface area contributed by atoms with E-state index in [4.69, 9.17) is 23.1 Å². The highest BCUT2D eigenvalue weighted by Gasteiger charge is 2.48. The monoisotopic (exact) mass is 431 g/mol. The number of fused-ring (bicyclic) bond motifs is 2. The maximum Gasteiger partial charge on any atom is 0.258 e. The fourth-order valence-corrected chi connectivity index (χ4v) is 5.07. The number of anilines is 2. The van der Waals surface area contributed by atoms with Crippen LogP contribution in [0.2, 0.25) is 5.02 Å². The van der Waals surface area contributed by atoms with Crippen LogP contribution in [0.15, 0.2) is 18.3 Å². The second-order valence-corrected chi connectivity index (χ2v) is 8.65. The molecular formula is C21H23ClFN5O2. The van der Waals surface area contributed by atoms with E-state index in [9.17, 15) is 9.59 Å². The highest BCUT2D eigenvalue weighted by Crippen LogP contribution is 2.53. The van der Waals surface area contributed by atoms with Gasteiger partial charge in [-0.1, -0.05) is 11.6 Å². The smallest absolute Gasteiger partial charge is 0.258 e. The molecule has 2 heterocycles. The molecule has 1 spiro atoms. The fourth-order valence-electron chi connectivity index (χ4n) is 4.63. The van der Waals surface area contributed by atoms with Crippen LogP contribution in [0.4, 0.5) is 15.9 Å². The molecule has 158 valence electrons. The van der Waals surface area contributed by atoms with Crippen LogP contribution in [0.3, 0.4) is 0 Å². The summed E-state index contributed by atoms with van der Waals surface area (Å²) < 4.78 is 15.4. The van der Waals surface area contributed by atoms with E-state index >= 15 is 4.39 Å². The second-order valence-electron chi connectivity index (χ2n) is 8.28. The molecule has 2 atom stereocenters. The maximum atomic E-state index is 15.4. The molecule has 7 nitrogen and oxygen atoms in total. The zero-order valence-corrected chi connectivity index (χ0v) is 17.5. The summed E-state index contributed by atoms with van der Waals surface area (Å²) in [5.41, 5.74) is 12.2. The molecule has 1 fully saturated rings. The predicted octanol–water partition coefficient (Wildman–Crippen LogP) is 2.77. The number of benzene rings is 1. The number of nitrogens with one attached hydrogen (secondary N) is 1. The van der Waals surface area contributed by atoms with Crippen molar-refractivity contribution in [2.45, 2.75) is 24.7 Å². The summed E-state index contributed by atoms with van der Waals surface area (Å²) in [5.74, 6) is -1.18. The third-order valence-corrected chi connectivity index (χ3v) is 6.63. The van der Waals surface area contributed by atoms with Gasteiger partial charge in [0.2, 0.25) is 5.91 Å². The molecule has 2 amide bonds. The van der Waals surface area contributed by atoms with E-state index in [1.165, 1.54) is 37.3 Å². The minimum Gasteiger partial charge on any atom is -0.398 e. The molecule has 5 N–H and O–H groups in total. The SMILES string of the molecule is CN(C)C(=O)c1c(N)ccc(-c2cnc3c(c2Cl)C2(CCC(C(N)=O)C2)CN3)c1F. The number of halogens is 2. The van der Waals surface area contributed by atoms with Gasteiger partial charge in [0.25, 0.3) is 5.91 Å². The molecule has 4 rings (SSSR count). The van der Waals surface area contributed by atoms with Crippen molar-refractivity contribution in [2.24, 2.45) is 11.7 Å². The van der Waals surface area contributed by atoms with Gasteiger partial charge in [-0.25, -0.2) is 9.37 Å². The number of nitrogens with zero attached hydrogens (tertiary/aromatic N) is 2. The van der Waals surface area contributed by atoms with Crippen LogP contribution in [0.5, 0.6) is 0 Å². The number of primary amides is 1. The number of aromatic nitrogens is 1. The first-order chi connectivity index (χ1) is 14.2. The fraction of sp³-hybridized carbons (Fsp3) is 0.381. The van der Waals surface area contributed by atoms with E-state index in [2.05, 4.69) is 10.3 Å². The van der Waals surface area contributed by atoms with Crippen molar-refractivity contribution in [1.82, 2.24) is 9.88 Å². The van der Waals surface area contributed by atoms with Gasteiger partial charge in [0.15, 0.2) is 0 Å². The zero-order chi connectivity index (χ0) is 21.8. The van der Waals surface area contributed by atoms with Gasteiger partial charge >= 0.3 is 0 Å². The normalized spacial score (nSPS) is 22.1. The Hall–Kier alpha value is -2.87. The number of hydrogen-bond acceptors (Lipinski definition) is 5. The number of amides is 2. The molecule has 1 aromatic heterocycles. The maximum absolute atomic E-state index is 15.4. The zero-order valence-electron chi connectivity index (χ0n) is 16.8. The van der Waals surface area contributed by atoms with Gasteiger partial charge in [-0.2, -0.15) is 0 Å². The van der Waals surface area contributed by atoms with Gasteiger partial charge in [-0.3, -0.25) is 9.59 Å². The van der Waals surface area contributed by atoms with Gasteiger partial charge in [-0.05, 0) is 31.4 Å². The van der Waals surface area contributed by atoms with Gasteiger partial charge in [0, 0.05) is 60.5 Å². The van der Waals surface area contributed by atoms with Gasteiger partial charge in [0.05, 0.1) is 10.6 Å². The summed E-state index contributed by atoms with van der Waals surface area (Å²) >= 11 is 6.80. The summed E-state index contributed by atoms with van der Waals surface area (Å²) in [7, 11) is 3.06. The Morgan fingerprint density at radius 3 is 2.70 bits per heavy atom. The Bertz CT molecular complexity index is 1070. The van der Waals surface area contributed by atoms with E-state index in [1.54, 1.807) is 0 Å². The Labute approximate surface area is 178 Å². The van der Waals surface area contributed by atoms with Crippen LogP contribution >= 0.6 is 11.6 Å². The number of carbonyl (C=O) groups excluding carboxylic acids is 2. The Morgan fingerprint density at radius 1 is 1.33 bits per heavy atom. The summed E-state index contributed by atoms with van der Waals surface area (Å²) in [4.78, 5) is 29.9. The molecule has 2 unspecified atom stereocenters. The summed E-state index contributed by atoms with van der Waals surface area (Å²) in [6.07, 6.45) is 3.47. The topological polar surface area (TPSA) is 114 Å². The summed E-state index contributed by atoms with van der Waals surface area (Å²) in [6, 6.07) is 2.99. The molecule has 30 heavy (non-hydrogen) atoms. The number of hydrogen-bond donors (Lipinski definition) is 3. The van der Waals surface area contributed by atoms with Crippen molar-refractivity contribution in [2.75, 3.05) is 31.7 Å². The lowest BCUT2D eigenvalue weighted by Crippen LogP contribution is -2.28. The van der Waals surface area contributed by atoms with Crippen LogP contribution in [0.25, 0.3) is 11.1 Å². The largest absolute Gasteiger partial charge is 0.398 e. The Morgan fingerprint density at radius 2 is 2.07 bits per heavy atom. The highest BCUT2D eigenvalue weighted by atomic mass is 35.5. The van der Waals surface area contributed by atoms with Crippen molar-refractivity contribution < 1.29 is 14.0 Å². The molecule has 0 radical (unpaired) electrons. The molecule has 1 aliphatic carbocycles. The standard InChI is InChI=1S/C21H23ClFN5O2/c1-28(2)20(30)14-13(24)4-3-11(17(14)23)12-8-26-19-15(16(12)22)21(9-27-19)6-5-10(7-21)18(25)29/h3-4,8,10H,5-7,9,24H2,1-2H3,(H2,25,29)(H,26,27). The lowest BCUT2D eigenvalue weighted by atomic mass is 9.79. The third kappa shape index (κ3) is 2.98. The first-order valence-corrected chi connectivity index (χ1v) is 10.1. The average molecular weight is 432 g/mol. The third-order valence-electron chi connectivity index (χ3n) is 6.24. The molecule has 2 aromatic rings. The van der Waals surface area contributed by atoms with E-state index in [0.29, 0.717) is 35.8 Å². The van der Waals surface area contributed by atoms with Crippen LogP contribution in [0.1, 0.15) is 35.2 Å². The predicted molar refractivity (Wildman–Crippen MR) is 114 cm³/mol. The van der Waals surface area contributed by atoms with Crippen LogP contribution in [0, 0.1) is 11.7 Å². The number of pyridine rings is 1. The average Bonchev–Trinajstić information content (AvgIpc) is 3.28. The molecule has 1 aliphatic heterocycles. The molecule has 1 aromatic carbocycles. The van der Waals surface area contributed by atoms with E-state index < -0.39 is 11.7 Å². The van der Waals surface area contributed by atoms with E-state index in [-0.39, 0.29) is 34.1 Å². The first kappa shape index (κ1) is 20.4. The van der Waals surface area contributed by atoms with Crippen LogP contribution in [-0.4, -0.2) is 42.3 Å². The lowest BCUT2D eigenvalue weighted by Gasteiger charge is -2.25. The minimum absolute atomic E-state index is 0.0541. The molecule has 0 saturated heterocycles. The van der Waals surface area contributed by atoms with Crippen molar-refractivity contribution in [1.29, 1.82) is 0 Å². The van der Waals surface area contributed by atoms with Crippen molar-refractivity contribution in [3.8, 4) is 11.1 Å². The molecular weight excluding hydrogens is 409 g/mol. The Kier molecular flexibility index (Phi) is 4.85. The van der Waals surface area contributed by atoms with Gasteiger partial charge in [-0.15, -0.1) is 0 Å². The van der Waals surface area contributed by atoms with Crippen LogP contribution < -0.4 is 16.8 Å². The molecule has 1 saturated carbocycles. The van der Waals surface area contributed by atoms with Crippen molar-refractivity contribution in [3.63, 3.8) is 0 Å². The summed E-state index contributed by atoms with van der Waals surface area (Å²) in [5, 5.41) is 3.62. The number of nitrogen functional groups attached to an aromatic ring is 1. The molecule has 2 aliphatic rings. The van der Waals surface area contributed by atoms with Gasteiger partial charge < -0.3 is 21.7 Å². The minimum atomic E-state index is -0.737. The lowest BCUT2D eigenvalue weighted by molar-refractivity contribution is -0.121. The van der Waals surface area contributed by atoms with Crippen LogP contribution in [-0.2, 0) is 10.2 Å².